The van der Waals surface area contributed by atoms with E-state index in [0.29, 0.717) is 23.0 Å². The van der Waals surface area contributed by atoms with Crippen molar-refractivity contribution in [3.05, 3.63) is 58.8 Å². The average molecular weight is 466 g/mol. The Morgan fingerprint density at radius 3 is 2.61 bits per heavy atom. The number of rotatable bonds is 5. The van der Waals surface area contributed by atoms with Crippen LogP contribution in [0.25, 0.3) is 10.9 Å². The summed E-state index contributed by atoms with van der Waals surface area (Å²) in [6.07, 6.45) is 2.01. The minimum Gasteiger partial charge on any atom is -0.475 e. The average Bonchev–Trinajstić information content (AvgIpc) is 3.05. The molecule has 1 atom stereocenters. The minimum absolute atomic E-state index is 0.0338. The number of ketones is 1. The molecule has 0 bridgehead atoms. The van der Waals surface area contributed by atoms with Gasteiger partial charge in [-0.2, -0.15) is 4.31 Å². The zero-order valence-electron chi connectivity index (χ0n) is 16.2. The Hall–Kier alpha value is -2.82. The largest absolute Gasteiger partial charge is 0.475 e. The first kappa shape index (κ1) is 21.4. The molecular formula is C20H17ClFN3O5S. The molecule has 1 unspecified atom stereocenters. The van der Waals surface area contributed by atoms with Crippen molar-refractivity contribution in [1.29, 1.82) is 0 Å². The smallest absolute Gasteiger partial charge is 0.377 e. The molecule has 31 heavy (non-hydrogen) atoms. The van der Waals surface area contributed by atoms with Gasteiger partial charge in [-0.05, 0) is 43.2 Å². The third-order valence-electron chi connectivity index (χ3n) is 5.56. The zero-order chi connectivity index (χ0) is 22.5. The number of hydrogen-bond donors (Lipinski definition) is 1. The number of benzene rings is 1. The molecule has 1 aromatic carbocycles. The lowest BCUT2D eigenvalue weighted by atomic mass is 10.00. The quantitative estimate of drug-likeness (QED) is 0.352. The highest BCUT2D eigenvalue weighted by atomic mass is 35.5. The van der Waals surface area contributed by atoms with Gasteiger partial charge in [-0.1, -0.05) is 11.6 Å². The number of carboxylic acids is 1. The SMILES string of the molecule is CN(C1CCc2c(C(=O)C(=O)O)c3cnc(Cl)cc3n2C1)S(=O)(=O)c1ccc(F)cc1. The standard InChI is InChI=1S/C20H17ClFN3O5S/c1-24(31(29,30)13-5-2-11(22)3-6-13)12-4-7-15-18(19(26)20(27)28)14-9-23-17(21)8-16(14)25(15)10-12/h2-3,5-6,8-9,12H,4,7,10H2,1H3,(H,27,28). The molecule has 3 heterocycles. The van der Waals surface area contributed by atoms with E-state index < -0.39 is 33.6 Å². The molecule has 1 aliphatic heterocycles. The summed E-state index contributed by atoms with van der Waals surface area (Å²) in [5.41, 5.74) is 1.07. The summed E-state index contributed by atoms with van der Waals surface area (Å²) in [5, 5.41) is 9.76. The second-order valence-electron chi connectivity index (χ2n) is 7.26. The van der Waals surface area contributed by atoms with Crippen LogP contribution in [0.2, 0.25) is 5.15 Å². The van der Waals surface area contributed by atoms with Crippen molar-refractivity contribution in [1.82, 2.24) is 13.9 Å². The number of carbonyl (C=O) groups is 2. The summed E-state index contributed by atoms with van der Waals surface area (Å²) in [7, 11) is -2.45. The third-order valence-corrected chi connectivity index (χ3v) is 7.69. The van der Waals surface area contributed by atoms with E-state index in [-0.39, 0.29) is 28.6 Å². The van der Waals surface area contributed by atoms with E-state index in [0.717, 1.165) is 12.1 Å². The van der Waals surface area contributed by atoms with Crippen LogP contribution in [0.15, 0.2) is 41.4 Å². The van der Waals surface area contributed by atoms with Gasteiger partial charge < -0.3 is 9.67 Å². The van der Waals surface area contributed by atoms with Gasteiger partial charge in [0.25, 0.3) is 5.78 Å². The van der Waals surface area contributed by atoms with E-state index in [9.17, 15) is 27.5 Å². The Balaban J connectivity index is 1.76. The molecule has 1 aliphatic rings. The molecule has 0 radical (unpaired) electrons. The molecule has 8 nitrogen and oxygen atoms in total. The van der Waals surface area contributed by atoms with Gasteiger partial charge >= 0.3 is 5.97 Å². The van der Waals surface area contributed by atoms with Crippen molar-refractivity contribution in [3.8, 4) is 0 Å². The number of Topliss-reactive ketones (excluding diaryl/α,β-unsaturated/α-hetero) is 1. The molecule has 0 aliphatic carbocycles. The molecule has 11 heteroatoms. The molecule has 3 aromatic rings. The van der Waals surface area contributed by atoms with Crippen molar-refractivity contribution >= 4 is 44.3 Å². The molecule has 162 valence electrons. The fourth-order valence-electron chi connectivity index (χ4n) is 3.97. The summed E-state index contributed by atoms with van der Waals surface area (Å²) < 4.78 is 42.2. The molecule has 0 fully saturated rings. The van der Waals surface area contributed by atoms with Crippen molar-refractivity contribution in [2.75, 3.05) is 7.05 Å². The van der Waals surface area contributed by atoms with Gasteiger partial charge in [0.2, 0.25) is 10.0 Å². The molecule has 0 saturated carbocycles. The number of pyridine rings is 1. The Morgan fingerprint density at radius 1 is 1.29 bits per heavy atom. The second-order valence-corrected chi connectivity index (χ2v) is 9.64. The number of hydrogen-bond acceptors (Lipinski definition) is 5. The Labute approximate surface area is 181 Å². The maximum atomic E-state index is 13.2. The van der Waals surface area contributed by atoms with Crippen LogP contribution < -0.4 is 0 Å². The van der Waals surface area contributed by atoms with Crippen LogP contribution in [0.5, 0.6) is 0 Å². The first-order valence-corrected chi connectivity index (χ1v) is 11.1. The van der Waals surface area contributed by atoms with Crippen LogP contribution in [0.4, 0.5) is 4.39 Å². The van der Waals surface area contributed by atoms with Crippen LogP contribution in [0, 0.1) is 5.82 Å². The number of nitrogens with zero attached hydrogens (tertiary/aromatic N) is 3. The molecule has 2 aromatic heterocycles. The lowest BCUT2D eigenvalue weighted by Gasteiger charge is -2.32. The number of aliphatic carboxylic acids is 1. The summed E-state index contributed by atoms with van der Waals surface area (Å²) in [6.45, 7) is 0.190. The number of halogens is 2. The summed E-state index contributed by atoms with van der Waals surface area (Å²) in [6, 6.07) is 5.62. The van der Waals surface area contributed by atoms with E-state index in [2.05, 4.69) is 4.98 Å². The maximum Gasteiger partial charge on any atom is 0.377 e. The molecule has 0 amide bonds. The van der Waals surface area contributed by atoms with Gasteiger partial charge in [0, 0.05) is 36.9 Å². The summed E-state index contributed by atoms with van der Waals surface area (Å²) in [4.78, 5) is 27.6. The van der Waals surface area contributed by atoms with E-state index >= 15 is 0 Å². The predicted octanol–water partition coefficient (Wildman–Crippen LogP) is 2.73. The van der Waals surface area contributed by atoms with Crippen molar-refractivity contribution in [3.63, 3.8) is 0 Å². The number of fused-ring (bicyclic) bond motifs is 3. The highest BCUT2D eigenvalue weighted by Gasteiger charge is 2.35. The maximum absolute atomic E-state index is 13.2. The lowest BCUT2D eigenvalue weighted by Crippen LogP contribution is -2.42. The molecule has 4 rings (SSSR count). The fraction of sp³-hybridized carbons (Fsp3) is 0.250. The first-order chi connectivity index (χ1) is 14.6. The second kappa shape index (κ2) is 7.70. The van der Waals surface area contributed by atoms with E-state index in [4.69, 9.17) is 11.6 Å². The van der Waals surface area contributed by atoms with Crippen LogP contribution in [-0.2, 0) is 27.8 Å². The molecule has 0 saturated heterocycles. The fourth-order valence-corrected chi connectivity index (χ4v) is 5.50. The summed E-state index contributed by atoms with van der Waals surface area (Å²) in [5.74, 6) is -3.17. The van der Waals surface area contributed by atoms with Crippen molar-refractivity contribution in [2.45, 2.75) is 30.3 Å². The number of aromatic nitrogens is 2. The van der Waals surface area contributed by atoms with Gasteiger partial charge in [-0.3, -0.25) is 4.79 Å². The minimum atomic E-state index is -3.89. The first-order valence-electron chi connectivity index (χ1n) is 9.29. The number of carbonyl (C=O) groups excluding carboxylic acids is 1. The van der Waals surface area contributed by atoms with E-state index in [1.807, 2.05) is 0 Å². The summed E-state index contributed by atoms with van der Waals surface area (Å²) >= 11 is 6.01. The molecule has 0 spiro atoms. The van der Waals surface area contributed by atoms with Crippen LogP contribution >= 0.6 is 11.6 Å². The molecular weight excluding hydrogens is 449 g/mol. The van der Waals surface area contributed by atoms with E-state index in [1.165, 1.54) is 35.7 Å². The predicted molar refractivity (Wildman–Crippen MR) is 110 cm³/mol. The normalized spacial score (nSPS) is 16.5. The van der Waals surface area contributed by atoms with Crippen molar-refractivity contribution in [2.24, 2.45) is 0 Å². The van der Waals surface area contributed by atoms with E-state index in [1.54, 1.807) is 4.57 Å². The Morgan fingerprint density at radius 2 is 1.97 bits per heavy atom. The van der Waals surface area contributed by atoms with Gasteiger partial charge in [0.1, 0.15) is 11.0 Å². The highest BCUT2D eigenvalue weighted by molar-refractivity contribution is 7.89. The number of likely N-dealkylation sites (N-methyl/N-ethyl adjacent to an activating group) is 1. The molecule has 1 N–H and O–H groups in total. The van der Waals surface area contributed by atoms with Gasteiger partial charge in [0.15, 0.2) is 0 Å². The van der Waals surface area contributed by atoms with Gasteiger partial charge in [-0.15, -0.1) is 0 Å². The number of carboxylic acid groups (broad SMARTS) is 1. The van der Waals surface area contributed by atoms with Crippen molar-refractivity contribution < 1.29 is 27.5 Å². The van der Waals surface area contributed by atoms with Crippen LogP contribution in [0.1, 0.15) is 22.5 Å². The Kier molecular flexibility index (Phi) is 5.32. The van der Waals surface area contributed by atoms with Gasteiger partial charge in [0.05, 0.1) is 16.0 Å². The number of sulfonamides is 1. The lowest BCUT2D eigenvalue weighted by molar-refractivity contribution is -0.131. The third kappa shape index (κ3) is 3.60. The van der Waals surface area contributed by atoms with Crippen LogP contribution in [-0.4, -0.2) is 52.2 Å². The highest BCUT2D eigenvalue weighted by Crippen LogP contribution is 2.34. The topological polar surface area (TPSA) is 110 Å². The monoisotopic (exact) mass is 465 g/mol. The van der Waals surface area contributed by atoms with Gasteiger partial charge in [-0.25, -0.2) is 22.6 Å². The van der Waals surface area contributed by atoms with Crippen LogP contribution in [0.3, 0.4) is 0 Å². The Bertz CT molecular complexity index is 1320. The zero-order valence-corrected chi connectivity index (χ0v) is 17.8.